The fourth-order valence-electron chi connectivity index (χ4n) is 1.04. The zero-order valence-electron chi connectivity index (χ0n) is 7.09. The number of anilines is 2. The van der Waals surface area contributed by atoms with Crippen LogP contribution in [0.3, 0.4) is 0 Å². The Morgan fingerprint density at radius 2 is 2.33 bits per heavy atom. The van der Waals surface area contributed by atoms with Crippen molar-refractivity contribution in [1.29, 1.82) is 5.41 Å². The van der Waals surface area contributed by atoms with Crippen LogP contribution >= 0.6 is 0 Å². The molecule has 1 aromatic rings. The lowest BCUT2D eigenvalue weighted by molar-refractivity contribution is 1.21. The monoisotopic (exact) mass is 163 g/mol. The Morgan fingerprint density at radius 3 is 2.92 bits per heavy atom. The Bertz CT molecular complexity index is 281. The van der Waals surface area contributed by atoms with Crippen LogP contribution in [0.15, 0.2) is 18.2 Å². The maximum atomic E-state index is 7.13. The van der Waals surface area contributed by atoms with Crippen LogP contribution in [-0.4, -0.2) is 12.8 Å². The van der Waals surface area contributed by atoms with Crippen LogP contribution in [0.1, 0.15) is 12.5 Å². The van der Waals surface area contributed by atoms with Gasteiger partial charge in [-0.2, -0.15) is 0 Å². The molecule has 0 aliphatic carbocycles. The van der Waals surface area contributed by atoms with E-state index in [2.05, 4.69) is 5.32 Å². The molecule has 64 valence electrons. The molecule has 0 saturated heterocycles. The van der Waals surface area contributed by atoms with E-state index in [1.54, 1.807) is 6.07 Å². The van der Waals surface area contributed by atoms with Crippen molar-refractivity contribution in [2.75, 3.05) is 17.6 Å². The minimum absolute atomic E-state index is 0.719. The van der Waals surface area contributed by atoms with Gasteiger partial charge in [0.25, 0.3) is 0 Å². The maximum Gasteiger partial charge on any atom is 0.0449 e. The summed E-state index contributed by atoms with van der Waals surface area (Å²) in [6.07, 6.45) is 1.32. The number of hydrogen-bond acceptors (Lipinski definition) is 3. The molecule has 0 unspecified atom stereocenters. The average Bonchev–Trinajstić information content (AvgIpc) is 2.05. The van der Waals surface area contributed by atoms with E-state index in [9.17, 15) is 0 Å². The van der Waals surface area contributed by atoms with Gasteiger partial charge in [-0.05, 0) is 25.1 Å². The summed E-state index contributed by atoms with van der Waals surface area (Å²) in [5.74, 6) is 0. The second kappa shape index (κ2) is 3.76. The third-order valence-corrected chi connectivity index (χ3v) is 1.60. The van der Waals surface area contributed by atoms with Gasteiger partial charge in [-0.1, -0.05) is 0 Å². The lowest BCUT2D eigenvalue weighted by Crippen LogP contribution is -2.01. The quantitative estimate of drug-likeness (QED) is 0.469. The van der Waals surface area contributed by atoms with Crippen molar-refractivity contribution in [2.45, 2.75) is 6.92 Å². The molecule has 0 aliphatic heterocycles. The fourth-order valence-corrected chi connectivity index (χ4v) is 1.04. The summed E-state index contributed by atoms with van der Waals surface area (Å²) < 4.78 is 0. The predicted molar refractivity (Wildman–Crippen MR) is 52.9 cm³/mol. The highest BCUT2D eigenvalue weighted by molar-refractivity contribution is 5.87. The normalized spacial score (nSPS) is 9.42. The molecule has 0 heterocycles. The molecule has 0 amide bonds. The number of nitrogen functional groups attached to an aromatic ring is 1. The Balaban J connectivity index is 3.03. The molecule has 1 rings (SSSR count). The summed E-state index contributed by atoms with van der Waals surface area (Å²) in [6, 6.07) is 5.46. The van der Waals surface area contributed by atoms with Crippen LogP contribution in [0, 0.1) is 5.41 Å². The minimum atomic E-state index is 0.719. The average molecular weight is 163 g/mol. The molecular weight excluding hydrogens is 150 g/mol. The van der Waals surface area contributed by atoms with Crippen LogP contribution < -0.4 is 11.1 Å². The van der Waals surface area contributed by atoms with Gasteiger partial charge in [-0.25, -0.2) is 0 Å². The second-order valence-electron chi connectivity index (χ2n) is 2.52. The van der Waals surface area contributed by atoms with Crippen molar-refractivity contribution >= 4 is 17.6 Å². The molecule has 1 aromatic carbocycles. The summed E-state index contributed by atoms with van der Waals surface area (Å²) in [5, 5.41) is 10.3. The Kier molecular flexibility index (Phi) is 2.69. The lowest BCUT2D eigenvalue weighted by Gasteiger charge is -2.07. The molecule has 3 nitrogen and oxygen atoms in total. The number of nitrogens with one attached hydrogen (secondary N) is 2. The van der Waals surface area contributed by atoms with Crippen LogP contribution in [0.4, 0.5) is 11.4 Å². The van der Waals surface area contributed by atoms with E-state index < -0.39 is 0 Å². The highest BCUT2D eigenvalue weighted by Gasteiger charge is 1.97. The minimum Gasteiger partial charge on any atom is -0.399 e. The van der Waals surface area contributed by atoms with Gasteiger partial charge in [-0.15, -0.1) is 0 Å². The van der Waals surface area contributed by atoms with Crippen molar-refractivity contribution in [1.82, 2.24) is 0 Å². The second-order valence-corrected chi connectivity index (χ2v) is 2.52. The number of benzene rings is 1. The topological polar surface area (TPSA) is 61.9 Å². The first kappa shape index (κ1) is 8.59. The van der Waals surface area contributed by atoms with Gasteiger partial charge >= 0.3 is 0 Å². The highest BCUT2D eigenvalue weighted by Crippen LogP contribution is 2.16. The van der Waals surface area contributed by atoms with Gasteiger partial charge in [-0.3, -0.25) is 0 Å². The van der Waals surface area contributed by atoms with E-state index >= 15 is 0 Å². The molecule has 0 bridgehead atoms. The largest absolute Gasteiger partial charge is 0.399 e. The summed E-state index contributed by atoms with van der Waals surface area (Å²) in [7, 11) is 0. The first-order valence-electron chi connectivity index (χ1n) is 3.91. The summed E-state index contributed by atoms with van der Waals surface area (Å²) in [5.41, 5.74) is 8.11. The summed E-state index contributed by atoms with van der Waals surface area (Å²) in [4.78, 5) is 0. The van der Waals surface area contributed by atoms with Gasteiger partial charge in [0.05, 0.1) is 0 Å². The molecule has 0 radical (unpaired) electrons. The van der Waals surface area contributed by atoms with Crippen molar-refractivity contribution < 1.29 is 0 Å². The zero-order chi connectivity index (χ0) is 8.97. The predicted octanol–water partition coefficient (Wildman–Crippen LogP) is 1.70. The fraction of sp³-hybridized carbons (Fsp3) is 0.222. The van der Waals surface area contributed by atoms with Gasteiger partial charge in [0, 0.05) is 29.7 Å². The molecule has 0 aliphatic rings. The number of nitrogens with two attached hydrogens (primary N) is 1. The van der Waals surface area contributed by atoms with Gasteiger partial charge < -0.3 is 16.5 Å². The molecule has 0 aromatic heterocycles. The smallest absolute Gasteiger partial charge is 0.0449 e. The highest BCUT2D eigenvalue weighted by atomic mass is 14.9. The SMILES string of the molecule is CCNc1cc(N)ccc1C=N. The van der Waals surface area contributed by atoms with E-state index in [1.165, 1.54) is 6.21 Å². The van der Waals surface area contributed by atoms with Crippen molar-refractivity contribution in [2.24, 2.45) is 0 Å². The molecule has 0 atom stereocenters. The summed E-state index contributed by atoms with van der Waals surface area (Å²) in [6.45, 7) is 2.85. The molecule has 0 fully saturated rings. The summed E-state index contributed by atoms with van der Waals surface area (Å²) >= 11 is 0. The van der Waals surface area contributed by atoms with Crippen molar-refractivity contribution in [3.63, 3.8) is 0 Å². The molecular formula is C9H13N3. The maximum absolute atomic E-state index is 7.13. The van der Waals surface area contributed by atoms with Gasteiger partial charge in [0.1, 0.15) is 0 Å². The van der Waals surface area contributed by atoms with Gasteiger partial charge in [0.15, 0.2) is 0 Å². The zero-order valence-corrected chi connectivity index (χ0v) is 7.09. The Labute approximate surface area is 72.1 Å². The standard InChI is InChI=1S/C9H13N3/c1-2-12-9-5-8(11)4-3-7(9)6-10/h3-6,10,12H,2,11H2,1H3. The third-order valence-electron chi connectivity index (χ3n) is 1.60. The molecule has 3 heteroatoms. The van der Waals surface area contributed by atoms with Crippen LogP contribution in [0.2, 0.25) is 0 Å². The van der Waals surface area contributed by atoms with Crippen LogP contribution in [0.25, 0.3) is 0 Å². The molecule has 12 heavy (non-hydrogen) atoms. The molecule has 4 N–H and O–H groups in total. The van der Waals surface area contributed by atoms with Crippen molar-refractivity contribution in [3.8, 4) is 0 Å². The number of rotatable bonds is 3. The van der Waals surface area contributed by atoms with E-state index in [0.717, 1.165) is 23.5 Å². The van der Waals surface area contributed by atoms with E-state index in [-0.39, 0.29) is 0 Å². The molecule has 0 saturated carbocycles. The van der Waals surface area contributed by atoms with E-state index in [4.69, 9.17) is 11.1 Å². The Morgan fingerprint density at radius 1 is 1.58 bits per heavy atom. The first-order chi connectivity index (χ1) is 5.77. The Hall–Kier alpha value is -1.51. The van der Waals surface area contributed by atoms with E-state index in [1.807, 2.05) is 19.1 Å². The van der Waals surface area contributed by atoms with Crippen molar-refractivity contribution in [3.05, 3.63) is 23.8 Å². The van der Waals surface area contributed by atoms with Gasteiger partial charge in [0.2, 0.25) is 0 Å². The third kappa shape index (κ3) is 1.75. The molecule has 0 spiro atoms. The van der Waals surface area contributed by atoms with Crippen LogP contribution in [-0.2, 0) is 0 Å². The number of hydrogen-bond donors (Lipinski definition) is 3. The first-order valence-corrected chi connectivity index (χ1v) is 3.91. The lowest BCUT2D eigenvalue weighted by atomic mass is 10.1. The van der Waals surface area contributed by atoms with Crippen LogP contribution in [0.5, 0.6) is 0 Å². The van der Waals surface area contributed by atoms with E-state index in [0.29, 0.717) is 0 Å².